The first kappa shape index (κ1) is 21.1. The first-order chi connectivity index (χ1) is 12.1. The molecule has 4 nitrogen and oxygen atoms in total. The van der Waals surface area contributed by atoms with Crippen LogP contribution in [-0.4, -0.2) is 75.1 Å². The van der Waals surface area contributed by atoms with Gasteiger partial charge >= 0.3 is 0 Å². The van der Waals surface area contributed by atoms with Gasteiger partial charge in [0.2, 0.25) is 0 Å². The first-order valence-corrected chi connectivity index (χ1v) is 9.21. The number of anilines is 1. The number of para-hydroxylation sites is 1. The minimum absolute atomic E-state index is 1.03. The fraction of sp³-hybridized carbons (Fsp3) is 0.524. The van der Waals surface area contributed by atoms with Crippen molar-refractivity contribution in [3.63, 3.8) is 0 Å². The summed E-state index contributed by atoms with van der Waals surface area (Å²) in [6.45, 7) is 10.5. The lowest BCUT2D eigenvalue weighted by atomic mass is 10.3. The van der Waals surface area contributed by atoms with Gasteiger partial charge < -0.3 is 14.7 Å². The lowest BCUT2D eigenvalue weighted by Crippen LogP contribution is -2.40. The number of allylic oxidation sites excluding steroid dienone is 2. The second-order valence-electron chi connectivity index (χ2n) is 6.52. The third-order valence-corrected chi connectivity index (χ3v) is 4.29. The second-order valence-corrected chi connectivity index (χ2v) is 6.52. The lowest BCUT2D eigenvalue weighted by molar-refractivity contribution is 0.234. The van der Waals surface area contributed by atoms with E-state index in [0.29, 0.717) is 0 Å². The molecule has 0 spiro atoms. The van der Waals surface area contributed by atoms with E-state index in [0.717, 1.165) is 39.3 Å². The largest absolute Gasteiger partial charge is 0.379 e. The summed E-state index contributed by atoms with van der Waals surface area (Å²) in [6.07, 6.45) is 8.46. The number of hydrogen-bond donors (Lipinski definition) is 0. The molecule has 0 atom stereocenters. The van der Waals surface area contributed by atoms with Crippen molar-refractivity contribution in [1.29, 1.82) is 0 Å². The zero-order valence-electron chi connectivity index (χ0n) is 16.7. The highest BCUT2D eigenvalue weighted by Crippen LogP contribution is 2.10. The van der Waals surface area contributed by atoms with Crippen LogP contribution in [0, 0.1) is 0 Å². The molecule has 0 N–H and O–H groups in total. The van der Waals surface area contributed by atoms with Crippen LogP contribution in [0.1, 0.15) is 13.8 Å². The van der Waals surface area contributed by atoms with Crippen molar-refractivity contribution in [2.75, 3.05) is 65.3 Å². The summed E-state index contributed by atoms with van der Waals surface area (Å²) in [5.74, 6) is 0. The van der Waals surface area contributed by atoms with Gasteiger partial charge in [-0.25, -0.2) is 0 Å². The SMILES string of the molecule is C/C=C/N(C)CCN(CCN(C)/C=C/C)CCN(C)c1ccccc1. The molecule has 1 rings (SSSR count). The Hall–Kier alpha value is -1.94. The molecule has 1 aromatic carbocycles. The number of hydrogen-bond acceptors (Lipinski definition) is 4. The predicted molar refractivity (Wildman–Crippen MR) is 111 cm³/mol. The molecular formula is C21H36N4. The maximum Gasteiger partial charge on any atom is 0.0364 e. The van der Waals surface area contributed by atoms with Crippen LogP contribution in [0.2, 0.25) is 0 Å². The van der Waals surface area contributed by atoms with Crippen molar-refractivity contribution in [2.24, 2.45) is 0 Å². The first-order valence-electron chi connectivity index (χ1n) is 9.21. The molecule has 1 aromatic rings. The standard InChI is InChI=1S/C21H36N4/c1-6-13-22(3)15-18-25(19-16-23(4)14-7-2)20-17-24(5)21-11-9-8-10-12-21/h6-14H,15-20H2,1-5H3/b13-6+,14-7+. The highest BCUT2D eigenvalue weighted by molar-refractivity contribution is 5.44. The van der Waals surface area contributed by atoms with Crippen LogP contribution in [0.4, 0.5) is 5.69 Å². The van der Waals surface area contributed by atoms with E-state index < -0.39 is 0 Å². The van der Waals surface area contributed by atoms with Gasteiger partial charge in [0.25, 0.3) is 0 Å². The molecule has 0 aliphatic heterocycles. The Morgan fingerprint density at radius 1 is 0.680 bits per heavy atom. The van der Waals surface area contributed by atoms with E-state index in [1.54, 1.807) is 0 Å². The molecule has 0 saturated carbocycles. The third kappa shape index (κ3) is 9.20. The zero-order chi connectivity index (χ0) is 18.5. The number of likely N-dealkylation sites (N-methyl/N-ethyl adjacent to an activating group) is 3. The topological polar surface area (TPSA) is 13.0 Å². The van der Waals surface area contributed by atoms with Crippen molar-refractivity contribution in [2.45, 2.75) is 13.8 Å². The predicted octanol–water partition coefficient (Wildman–Crippen LogP) is 3.36. The van der Waals surface area contributed by atoms with E-state index >= 15 is 0 Å². The van der Waals surface area contributed by atoms with Gasteiger partial charge in [0, 0.05) is 66.1 Å². The quantitative estimate of drug-likeness (QED) is 0.576. The van der Waals surface area contributed by atoms with Crippen molar-refractivity contribution in [3.05, 3.63) is 54.9 Å². The molecule has 0 aromatic heterocycles. The van der Waals surface area contributed by atoms with Gasteiger partial charge in [0.1, 0.15) is 0 Å². The minimum Gasteiger partial charge on any atom is -0.379 e. The Morgan fingerprint density at radius 2 is 1.16 bits per heavy atom. The normalized spacial score (nSPS) is 11.6. The van der Waals surface area contributed by atoms with E-state index in [9.17, 15) is 0 Å². The molecule has 4 heteroatoms. The Labute approximate surface area is 155 Å². The van der Waals surface area contributed by atoms with E-state index in [1.807, 2.05) is 0 Å². The molecule has 0 unspecified atom stereocenters. The summed E-state index contributed by atoms with van der Waals surface area (Å²) in [4.78, 5) is 9.39. The maximum absolute atomic E-state index is 2.56. The molecule has 0 aliphatic rings. The highest BCUT2D eigenvalue weighted by Gasteiger charge is 2.08. The molecule has 140 valence electrons. The Bertz CT molecular complexity index is 476. The van der Waals surface area contributed by atoms with Crippen LogP contribution >= 0.6 is 0 Å². The highest BCUT2D eigenvalue weighted by atomic mass is 15.2. The van der Waals surface area contributed by atoms with Crippen molar-refractivity contribution in [1.82, 2.24) is 14.7 Å². The molecule has 0 aliphatic carbocycles. The van der Waals surface area contributed by atoms with Gasteiger partial charge in [-0.3, -0.25) is 4.90 Å². The van der Waals surface area contributed by atoms with Crippen LogP contribution in [0.3, 0.4) is 0 Å². The number of benzene rings is 1. The van der Waals surface area contributed by atoms with Gasteiger partial charge in [0.05, 0.1) is 0 Å². The van der Waals surface area contributed by atoms with Crippen LogP contribution in [0.5, 0.6) is 0 Å². The van der Waals surface area contributed by atoms with Gasteiger partial charge in [-0.2, -0.15) is 0 Å². The molecule has 0 heterocycles. The Morgan fingerprint density at radius 3 is 1.64 bits per heavy atom. The maximum atomic E-state index is 2.56. The van der Waals surface area contributed by atoms with Crippen molar-refractivity contribution >= 4 is 5.69 Å². The number of nitrogens with zero attached hydrogens (tertiary/aromatic N) is 4. The van der Waals surface area contributed by atoms with Gasteiger partial charge in [-0.05, 0) is 38.4 Å². The van der Waals surface area contributed by atoms with E-state index in [1.165, 1.54) is 5.69 Å². The summed E-state index contributed by atoms with van der Waals surface area (Å²) in [6, 6.07) is 10.6. The summed E-state index contributed by atoms with van der Waals surface area (Å²) in [5, 5.41) is 0. The molecular weight excluding hydrogens is 308 g/mol. The van der Waals surface area contributed by atoms with Crippen molar-refractivity contribution < 1.29 is 0 Å². The van der Waals surface area contributed by atoms with E-state index in [-0.39, 0.29) is 0 Å². The van der Waals surface area contributed by atoms with E-state index in [2.05, 4.69) is 109 Å². The summed E-state index contributed by atoms with van der Waals surface area (Å²) < 4.78 is 0. The van der Waals surface area contributed by atoms with Crippen LogP contribution in [-0.2, 0) is 0 Å². The average molecular weight is 345 g/mol. The Kier molecular flexibility index (Phi) is 10.5. The van der Waals surface area contributed by atoms with Gasteiger partial charge in [-0.15, -0.1) is 0 Å². The fourth-order valence-electron chi connectivity index (χ4n) is 2.69. The molecule has 0 fully saturated rings. The van der Waals surface area contributed by atoms with Crippen molar-refractivity contribution in [3.8, 4) is 0 Å². The van der Waals surface area contributed by atoms with E-state index in [4.69, 9.17) is 0 Å². The third-order valence-electron chi connectivity index (χ3n) is 4.29. The lowest BCUT2D eigenvalue weighted by Gasteiger charge is -2.29. The monoisotopic (exact) mass is 344 g/mol. The fourth-order valence-corrected chi connectivity index (χ4v) is 2.69. The zero-order valence-corrected chi connectivity index (χ0v) is 16.7. The molecule has 0 amide bonds. The van der Waals surface area contributed by atoms with Crippen LogP contribution in [0.15, 0.2) is 54.9 Å². The summed E-state index contributed by atoms with van der Waals surface area (Å²) in [7, 11) is 6.45. The molecule has 25 heavy (non-hydrogen) atoms. The molecule has 0 bridgehead atoms. The smallest absolute Gasteiger partial charge is 0.0364 e. The number of rotatable bonds is 12. The van der Waals surface area contributed by atoms with Crippen LogP contribution < -0.4 is 4.90 Å². The minimum atomic E-state index is 1.03. The molecule has 0 saturated heterocycles. The summed E-state index contributed by atoms with van der Waals surface area (Å²) >= 11 is 0. The average Bonchev–Trinajstić information content (AvgIpc) is 2.62. The Balaban J connectivity index is 2.53. The van der Waals surface area contributed by atoms with Gasteiger partial charge in [-0.1, -0.05) is 30.4 Å². The second kappa shape index (κ2) is 12.4. The summed E-state index contributed by atoms with van der Waals surface area (Å²) in [5.41, 5.74) is 1.28. The van der Waals surface area contributed by atoms with Gasteiger partial charge in [0.15, 0.2) is 0 Å². The molecule has 0 radical (unpaired) electrons. The van der Waals surface area contributed by atoms with Crippen LogP contribution in [0.25, 0.3) is 0 Å².